The summed E-state index contributed by atoms with van der Waals surface area (Å²) in [4.78, 5) is 3.65. The van der Waals surface area contributed by atoms with E-state index >= 15 is 0 Å². The van der Waals surface area contributed by atoms with Gasteiger partial charge in [0, 0.05) is 29.2 Å². The molecule has 1 heterocycles. The smallest absolute Gasteiger partial charge is 0.0478 e. The van der Waals surface area contributed by atoms with E-state index in [1.54, 1.807) is 0 Å². The van der Waals surface area contributed by atoms with Gasteiger partial charge >= 0.3 is 0 Å². The molecule has 112 valence electrons. The monoisotopic (exact) mass is 290 g/mol. The molecule has 0 aliphatic heterocycles. The van der Waals surface area contributed by atoms with Crippen LogP contribution in [0.3, 0.4) is 0 Å². The zero-order valence-electron chi connectivity index (χ0n) is 13.0. The molecule has 2 nitrogen and oxygen atoms in total. The molecule has 1 aromatic heterocycles. The van der Waals surface area contributed by atoms with Crippen molar-refractivity contribution in [1.82, 2.24) is 10.3 Å². The van der Waals surface area contributed by atoms with Crippen LogP contribution in [0.2, 0.25) is 0 Å². The van der Waals surface area contributed by atoms with Gasteiger partial charge in [-0.15, -0.1) is 0 Å². The zero-order chi connectivity index (χ0) is 14.9. The van der Waals surface area contributed by atoms with Crippen molar-refractivity contribution in [2.75, 3.05) is 0 Å². The van der Waals surface area contributed by atoms with Gasteiger partial charge < -0.3 is 10.3 Å². The number of benzene rings is 2. The molecule has 1 aliphatic rings. The fourth-order valence-electron chi connectivity index (χ4n) is 3.57. The number of hydrogen-bond acceptors (Lipinski definition) is 1. The van der Waals surface area contributed by atoms with Crippen molar-refractivity contribution in [2.45, 2.75) is 38.8 Å². The van der Waals surface area contributed by atoms with Crippen LogP contribution in [0, 0.1) is 6.92 Å². The summed E-state index contributed by atoms with van der Waals surface area (Å²) in [6.07, 6.45) is 3.67. The molecule has 0 bridgehead atoms. The first-order valence-corrected chi connectivity index (χ1v) is 8.19. The number of rotatable bonds is 3. The average Bonchev–Trinajstić information content (AvgIpc) is 2.94. The minimum atomic E-state index is 0.442. The highest BCUT2D eigenvalue weighted by molar-refractivity contribution is 5.85. The summed E-state index contributed by atoms with van der Waals surface area (Å²) in [6, 6.07) is 17.9. The Labute approximate surface area is 131 Å². The van der Waals surface area contributed by atoms with Crippen molar-refractivity contribution in [3.05, 3.63) is 70.9 Å². The molecule has 2 N–H and O–H groups in total. The number of aromatic amines is 1. The number of para-hydroxylation sites is 1. The molecule has 0 spiro atoms. The Bertz CT molecular complexity index is 783. The summed E-state index contributed by atoms with van der Waals surface area (Å²) in [7, 11) is 0. The van der Waals surface area contributed by atoms with Gasteiger partial charge in [0.05, 0.1) is 0 Å². The lowest BCUT2D eigenvalue weighted by molar-refractivity contribution is 0.452. The van der Waals surface area contributed by atoms with Crippen LogP contribution in [0.25, 0.3) is 10.9 Å². The first-order chi connectivity index (χ1) is 10.8. The Morgan fingerprint density at radius 1 is 1.09 bits per heavy atom. The molecule has 1 aliphatic carbocycles. The molecule has 0 saturated heterocycles. The zero-order valence-corrected chi connectivity index (χ0v) is 13.0. The van der Waals surface area contributed by atoms with Gasteiger partial charge in [-0.25, -0.2) is 0 Å². The summed E-state index contributed by atoms with van der Waals surface area (Å²) >= 11 is 0. The molecule has 1 atom stereocenters. The largest absolute Gasteiger partial charge is 0.357 e. The van der Waals surface area contributed by atoms with Crippen LogP contribution in [-0.4, -0.2) is 4.98 Å². The second kappa shape index (κ2) is 5.62. The van der Waals surface area contributed by atoms with Gasteiger partial charge in [-0.2, -0.15) is 0 Å². The third-order valence-corrected chi connectivity index (χ3v) is 4.79. The topological polar surface area (TPSA) is 27.8 Å². The van der Waals surface area contributed by atoms with Gasteiger partial charge in [0.1, 0.15) is 0 Å². The number of nitrogens with one attached hydrogen (secondary N) is 2. The van der Waals surface area contributed by atoms with Gasteiger partial charge in [-0.05, 0) is 43.4 Å². The van der Waals surface area contributed by atoms with E-state index in [4.69, 9.17) is 0 Å². The van der Waals surface area contributed by atoms with Crippen molar-refractivity contribution < 1.29 is 0 Å². The highest BCUT2D eigenvalue weighted by Gasteiger charge is 2.23. The van der Waals surface area contributed by atoms with E-state index in [1.165, 1.54) is 52.5 Å². The lowest BCUT2D eigenvalue weighted by Gasteiger charge is -2.24. The summed E-state index contributed by atoms with van der Waals surface area (Å²) in [5, 5.41) is 5.15. The second-order valence-electron chi connectivity index (χ2n) is 6.37. The van der Waals surface area contributed by atoms with Crippen LogP contribution < -0.4 is 5.32 Å². The van der Waals surface area contributed by atoms with Crippen LogP contribution >= 0.6 is 0 Å². The summed E-state index contributed by atoms with van der Waals surface area (Å²) in [6.45, 7) is 3.06. The fourth-order valence-corrected chi connectivity index (χ4v) is 3.57. The maximum absolute atomic E-state index is 3.74. The highest BCUT2D eigenvalue weighted by Crippen LogP contribution is 2.34. The Morgan fingerprint density at radius 2 is 1.91 bits per heavy atom. The molecule has 2 aromatic carbocycles. The molecule has 4 rings (SSSR count). The van der Waals surface area contributed by atoms with E-state index in [0.717, 1.165) is 6.54 Å². The highest BCUT2D eigenvalue weighted by atomic mass is 14.9. The third-order valence-electron chi connectivity index (χ3n) is 4.79. The van der Waals surface area contributed by atoms with Crippen molar-refractivity contribution in [2.24, 2.45) is 0 Å². The minimum absolute atomic E-state index is 0.442. The van der Waals surface area contributed by atoms with Crippen molar-refractivity contribution in [3.63, 3.8) is 0 Å². The van der Waals surface area contributed by atoms with Crippen LogP contribution in [0.4, 0.5) is 0 Å². The molecule has 0 saturated carbocycles. The van der Waals surface area contributed by atoms with Crippen LogP contribution in [-0.2, 0) is 13.0 Å². The quantitative estimate of drug-likeness (QED) is 0.722. The predicted molar refractivity (Wildman–Crippen MR) is 92.0 cm³/mol. The Kier molecular flexibility index (Phi) is 3.47. The molecule has 2 heteroatoms. The second-order valence-corrected chi connectivity index (χ2v) is 6.37. The van der Waals surface area contributed by atoms with E-state index in [2.05, 4.69) is 65.8 Å². The summed E-state index contributed by atoms with van der Waals surface area (Å²) < 4.78 is 0. The van der Waals surface area contributed by atoms with Crippen molar-refractivity contribution in [1.29, 1.82) is 0 Å². The molecule has 3 aromatic rings. The normalized spacial score (nSPS) is 17.6. The first-order valence-electron chi connectivity index (χ1n) is 8.19. The molecule has 22 heavy (non-hydrogen) atoms. The summed E-state index contributed by atoms with van der Waals surface area (Å²) in [5.41, 5.74) is 6.87. The van der Waals surface area contributed by atoms with Gasteiger partial charge in [0.15, 0.2) is 0 Å². The van der Waals surface area contributed by atoms with E-state index in [9.17, 15) is 0 Å². The van der Waals surface area contributed by atoms with Gasteiger partial charge in [-0.3, -0.25) is 0 Å². The Balaban J connectivity index is 1.58. The molecule has 0 amide bonds. The minimum Gasteiger partial charge on any atom is -0.357 e. The number of fused-ring (bicyclic) bond motifs is 3. The SMILES string of the molecule is Cc1ccc(CNC2CCCc3c2[nH]c2ccccc32)cc1. The maximum Gasteiger partial charge on any atom is 0.0478 e. The van der Waals surface area contributed by atoms with Crippen molar-refractivity contribution >= 4 is 10.9 Å². The molecule has 0 fully saturated rings. The number of hydrogen-bond donors (Lipinski definition) is 2. The Morgan fingerprint density at radius 3 is 2.77 bits per heavy atom. The van der Waals surface area contributed by atoms with Crippen LogP contribution in [0.15, 0.2) is 48.5 Å². The fraction of sp³-hybridized carbons (Fsp3) is 0.300. The third kappa shape index (κ3) is 2.44. The lowest BCUT2D eigenvalue weighted by Crippen LogP contribution is -2.24. The molecular weight excluding hydrogens is 268 g/mol. The molecular formula is C20H22N2. The summed E-state index contributed by atoms with van der Waals surface area (Å²) in [5.74, 6) is 0. The van der Waals surface area contributed by atoms with E-state index in [-0.39, 0.29) is 0 Å². The molecule has 1 unspecified atom stereocenters. The number of aromatic nitrogens is 1. The van der Waals surface area contributed by atoms with Gasteiger partial charge in [0.2, 0.25) is 0 Å². The van der Waals surface area contributed by atoms with E-state index in [1.807, 2.05) is 0 Å². The van der Waals surface area contributed by atoms with Gasteiger partial charge in [-0.1, -0.05) is 48.0 Å². The lowest BCUT2D eigenvalue weighted by atomic mass is 9.91. The average molecular weight is 290 g/mol. The van der Waals surface area contributed by atoms with E-state index in [0.29, 0.717) is 6.04 Å². The standard InChI is InChI=1S/C20H22N2/c1-14-9-11-15(12-10-14)13-21-19-8-4-6-17-16-5-2-3-7-18(16)22-20(17)19/h2-3,5,7,9-12,19,21-22H,4,6,8,13H2,1H3. The maximum atomic E-state index is 3.74. The Hall–Kier alpha value is -2.06. The van der Waals surface area contributed by atoms with Gasteiger partial charge in [0.25, 0.3) is 0 Å². The van der Waals surface area contributed by atoms with Crippen LogP contribution in [0.1, 0.15) is 41.3 Å². The predicted octanol–water partition coefficient (Wildman–Crippen LogP) is 4.64. The van der Waals surface area contributed by atoms with E-state index < -0.39 is 0 Å². The number of aryl methyl sites for hydroxylation is 2. The molecule has 0 radical (unpaired) electrons. The van der Waals surface area contributed by atoms with Crippen LogP contribution in [0.5, 0.6) is 0 Å². The number of H-pyrrole nitrogens is 1. The van der Waals surface area contributed by atoms with Crippen molar-refractivity contribution in [3.8, 4) is 0 Å². The first kappa shape index (κ1) is 13.6.